The van der Waals surface area contributed by atoms with E-state index in [1.165, 1.54) is 47.2 Å². The summed E-state index contributed by atoms with van der Waals surface area (Å²) in [6.45, 7) is 0.872. The molecule has 0 saturated heterocycles. The van der Waals surface area contributed by atoms with Gasteiger partial charge in [-0.05, 0) is 76.1 Å². The van der Waals surface area contributed by atoms with Gasteiger partial charge in [0.1, 0.15) is 6.61 Å². The number of rotatable bonds is 1. The lowest BCUT2D eigenvalue weighted by atomic mass is 9.86. The molecule has 6 rings (SSSR count). The maximum atomic E-state index is 8.54. The summed E-state index contributed by atoms with van der Waals surface area (Å²) < 4.78 is 4.80. The largest absolute Gasteiger partial charge is 0.497 e. The zero-order chi connectivity index (χ0) is 22.0. The van der Waals surface area contributed by atoms with Crippen LogP contribution in [0.3, 0.4) is 0 Å². The number of ether oxygens (including phenoxy) is 1. The molecule has 4 aromatic rings. The van der Waals surface area contributed by atoms with E-state index in [9.17, 15) is 0 Å². The van der Waals surface area contributed by atoms with Crippen LogP contribution in [0.25, 0.3) is 21.5 Å². The molecule has 0 saturated carbocycles. The van der Waals surface area contributed by atoms with Gasteiger partial charge in [0.25, 0.3) is 0 Å². The molecule has 2 aliphatic rings. The first-order valence-corrected chi connectivity index (χ1v) is 11.4. The Morgan fingerprint density at radius 3 is 2.16 bits per heavy atom. The molecular weight excluding hydrogens is 392 g/mol. The maximum Gasteiger partial charge on any atom is 0.106 e. The number of aliphatic hydroxyl groups excluding tert-OH is 1. The highest BCUT2D eigenvalue weighted by Gasteiger charge is 2.13. The van der Waals surface area contributed by atoms with Gasteiger partial charge in [-0.25, -0.2) is 0 Å². The number of allylic oxidation sites excluding steroid dienone is 2. The molecule has 0 spiro atoms. The molecule has 0 amide bonds. The van der Waals surface area contributed by atoms with Gasteiger partial charge in [0.2, 0.25) is 0 Å². The van der Waals surface area contributed by atoms with E-state index in [0.717, 1.165) is 12.2 Å². The average Bonchev–Trinajstić information content (AvgIpc) is 2.90. The van der Waals surface area contributed by atoms with Crippen LogP contribution in [0, 0.1) is 0 Å². The summed E-state index contributed by atoms with van der Waals surface area (Å²) in [6.07, 6.45) is 12.7. The number of hydrogen-bond donors (Lipinski definition) is 1. The van der Waals surface area contributed by atoms with Crippen molar-refractivity contribution in [3.63, 3.8) is 0 Å². The van der Waals surface area contributed by atoms with Crippen molar-refractivity contribution in [2.75, 3.05) is 6.61 Å². The average molecular weight is 423 g/mol. The monoisotopic (exact) mass is 422 g/mol. The number of aryl methyl sites for hydroxylation is 2. The van der Waals surface area contributed by atoms with Crippen LogP contribution in [0.2, 0.25) is 0 Å². The Morgan fingerprint density at radius 2 is 1.47 bits per heavy atom. The van der Waals surface area contributed by atoms with E-state index in [-0.39, 0.29) is 6.61 Å². The molecule has 2 nitrogen and oxygen atoms in total. The van der Waals surface area contributed by atoms with Crippen molar-refractivity contribution in [2.45, 2.75) is 32.3 Å². The van der Waals surface area contributed by atoms with Gasteiger partial charge >= 0.3 is 0 Å². The quantitative estimate of drug-likeness (QED) is 0.330. The Balaban J connectivity index is 0.000000144. The van der Waals surface area contributed by atoms with Gasteiger partial charge in [-0.1, -0.05) is 84.9 Å². The number of aliphatic hydroxyl groups is 1. The van der Waals surface area contributed by atoms with Gasteiger partial charge < -0.3 is 9.84 Å². The lowest BCUT2D eigenvalue weighted by Crippen LogP contribution is -2.02. The summed E-state index contributed by atoms with van der Waals surface area (Å²) in [7, 11) is 0. The molecule has 1 aliphatic heterocycles. The normalized spacial score (nSPS) is 13.9. The minimum atomic E-state index is 0.140. The molecule has 0 radical (unpaired) electrons. The van der Waals surface area contributed by atoms with Gasteiger partial charge in [-0.3, -0.25) is 0 Å². The fraction of sp³-hybridized carbons (Fsp3) is 0.200. The maximum absolute atomic E-state index is 8.54. The Morgan fingerprint density at radius 1 is 0.688 bits per heavy atom. The predicted octanol–water partition coefficient (Wildman–Crippen LogP) is 7.14. The van der Waals surface area contributed by atoms with Crippen LogP contribution in [0.5, 0.6) is 0 Å². The van der Waals surface area contributed by atoms with Gasteiger partial charge in [0.15, 0.2) is 0 Å². The lowest BCUT2D eigenvalue weighted by Gasteiger charge is -2.18. The molecule has 0 atom stereocenters. The molecule has 32 heavy (non-hydrogen) atoms. The van der Waals surface area contributed by atoms with Crippen LogP contribution in [-0.2, 0) is 24.2 Å². The number of benzene rings is 4. The Hall–Kier alpha value is -3.36. The fourth-order valence-corrected chi connectivity index (χ4v) is 4.27. The van der Waals surface area contributed by atoms with Crippen molar-refractivity contribution in [2.24, 2.45) is 0 Å². The van der Waals surface area contributed by atoms with Crippen molar-refractivity contribution >= 4 is 21.5 Å². The number of fused-ring (bicyclic) bond motifs is 5. The zero-order valence-corrected chi connectivity index (χ0v) is 18.4. The van der Waals surface area contributed by atoms with E-state index in [4.69, 9.17) is 9.84 Å². The second kappa shape index (κ2) is 11.3. The first kappa shape index (κ1) is 21.9. The SMILES string of the molecule is C1=CCOC=C1.OCc1ccccc1.c1ccc2c(c1)ccc1c3c(ccc12)CCCC3. The van der Waals surface area contributed by atoms with Crippen molar-refractivity contribution in [3.05, 3.63) is 120 Å². The summed E-state index contributed by atoms with van der Waals surface area (Å²) in [5.74, 6) is 0. The molecule has 1 aliphatic carbocycles. The molecule has 1 heterocycles. The third-order valence-corrected chi connectivity index (χ3v) is 5.90. The minimum absolute atomic E-state index is 0.140. The molecule has 0 aromatic heterocycles. The van der Waals surface area contributed by atoms with E-state index < -0.39 is 0 Å². The summed E-state index contributed by atoms with van der Waals surface area (Å²) in [5.41, 5.74) is 4.14. The molecule has 0 unspecified atom stereocenters. The third kappa shape index (κ3) is 5.46. The molecule has 4 aromatic carbocycles. The van der Waals surface area contributed by atoms with Crippen LogP contribution in [0.15, 0.2) is 103 Å². The van der Waals surface area contributed by atoms with E-state index in [1.54, 1.807) is 17.4 Å². The van der Waals surface area contributed by atoms with E-state index in [0.29, 0.717) is 0 Å². The van der Waals surface area contributed by atoms with Gasteiger partial charge in [-0.2, -0.15) is 0 Å². The van der Waals surface area contributed by atoms with Crippen LogP contribution < -0.4 is 0 Å². The Bertz CT molecular complexity index is 1190. The predicted molar refractivity (Wildman–Crippen MR) is 135 cm³/mol. The Kier molecular flexibility index (Phi) is 7.73. The Labute approximate surface area is 190 Å². The second-order valence-corrected chi connectivity index (χ2v) is 8.03. The first-order chi connectivity index (χ1) is 15.9. The minimum Gasteiger partial charge on any atom is -0.497 e. The van der Waals surface area contributed by atoms with Crippen molar-refractivity contribution in [1.29, 1.82) is 0 Å². The molecule has 1 N–H and O–H groups in total. The highest BCUT2D eigenvalue weighted by molar-refractivity contribution is 6.08. The highest BCUT2D eigenvalue weighted by Crippen LogP contribution is 2.33. The summed E-state index contributed by atoms with van der Waals surface area (Å²) in [6, 6.07) is 27.5. The second-order valence-electron chi connectivity index (χ2n) is 8.03. The van der Waals surface area contributed by atoms with Crippen molar-refractivity contribution in [1.82, 2.24) is 0 Å². The molecule has 0 bridgehead atoms. The fourth-order valence-electron chi connectivity index (χ4n) is 4.27. The zero-order valence-electron chi connectivity index (χ0n) is 18.4. The van der Waals surface area contributed by atoms with Gasteiger partial charge in [0.05, 0.1) is 12.9 Å². The summed E-state index contributed by atoms with van der Waals surface area (Å²) in [5, 5.41) is 14.2. The third-order valence-electron chi connectivity index (χ3n) is 5.90. The van der Waals surface area contributed by atoms with Crippen LogP contribution in [0.4, 0.5) is 0 Å². The molecule has 0 fully saturated rings. The van der Waals surface area contributed by atoms with Crippen LogP contribution >= 0.6 is 0 Å². The van der Waals surface area contributed by atoms with E-state index >= 15 is 0 Å². The van der Waals surface area contributed by atoms with E-state index in [2.05, 4.69) is 48.5 Å². The van der Waals surface area contributed by atoms with Gasteiger partial charge in [-0.15, -0.1) is 0 Å². The standard InChI is InChI=1S/C18H16.C7H8O.C5H6O/c1-3-7-15-13(5-1)9-11-18-16-8-4-2-6-14(16)10-12-17(15)18;8-6-7-4-2-1-3-5-7;1-2-4-6-5-3-1/h1,3,5,7,9-12H,2,4,6,8H2;1-5,8H,6H2;1-4H,5H2. The summed E-state index contributed by atoms with van der Waals surface area (Å²) >= 11 is 0. The first-order valence-electron chi connectivity index (χ1n) is 11.4. The van der Waals surface area contributed by atoms with Crippen LogP contribution in [-0.4, -0.2) is 11.7 Å². The van der Waals surface area contributed by atoms with Gasteiger partial charge in [0, 0.05) is 0 Å². The molecular formula is C30H30O2. The highest BCUT2D eigenvalue weighted by atomic mass is 16.5. The van der Waals surface area contributed by atoms with Crippen LogP contribution in [0.1, 0.15) is 29.5 Å². The lowest BCUT2D eigenvalue weighted by molar-refractivity contribution is 0.282. The molecule has 2 heteroatoms. The molecule has 162 valence electrons. The van der Waals surface area contributed by atoms with E-state index in [1.807, 2.05) is 48.6 Å². The number of hydrogen-bond acceptors (Lipinski definition) is 2. The smallest absolute Gasteiger partial charge is 0.106 e. The summed E-state index contributed by atoms with van der Waals surface area (Å²) in [4.78, 5) is 0. The topological polar surface area (TPSA) is 29.5 Å². The van der Waals surface area contributed by atoms with Crippen molar-refractivity contribution < 1.29 is 9.84 Å². The van der Waals surface area contributed by atoms with Crippen molar-refractivity contribution in [3.8, 4) is 0 Å².